The molecule has 0 radical (unpaired) electrons. The first-order valence-corrected chi connectivity index (χ1v) is 6.46. The van der Waals surface area contributed by atoms with Crippen molar-refractivity contribution in [2.45, 2.75) is 18.9 Å². The van der Waals surface area contributed by atoms with Crippen molar-refractivity contribution in [2.75, 3.05) is 44.9 Å². The lowest BCUT2D eigenvalue weighted by atomic mass is 10.2. The highest BCUT2D eigenvalue weighted by atomic mass is 16.5. The Morgan fingerprint density at radius 1 is 1.50 bits per heavy atom. The second-order valence-corrected chi connectivity index (χ2v) is 5.08. The molecule has 0 saturated carbocycles. The Balaban J connectivity index is 2.06. The minimum Gasteiger partial charge on any atom is -0.495 e. The summed E-state index contributed by atoms with van der Waals surface area (Å²) in [7, 11) is 5.98. The lowest BCUT2D eigenvalue weighted by molar-refractivity contribution is 0.314. The summed E-state index contributed by atoms with van der Waals surface area (Å²) in [5, 5.41) is 0. The summed E-state index contributed by atoms with van der Waals surface area (Å²) in [6.07, 6.45) is 2.59. The molecule has 18 heavy (non-hydrogen) atoms. The van der Waals surface area contributed by atoms with Gasteiger partial charge in [0, 0.05) is 31.4 Å². The highest BCUT2D eigenvalue weighted by molar-refractivity contribution is 5.62. The molecule has 0 amide bonds. The van der Waals surface area contributed by atoms with Crippen molar-refractivity contribution in [1.82, 2.24) is 4.90 Å². The van der Waals surface area contributed by atoms with E-state index in [1.807, 2.05) is 18.2 Å². The summed E-state index contributed by atoms with van der Waals surface area (Å²) in [5.41, 5.74) is 7.68. The quantitative estimate of drug-likeness (QED) is 0.826. The standard InChI is InChI=1S/C14H23N3O/c1-16-8-4-5-12(16)10-17(2)11-6-7-13(15)14(9-11)18-3/h6-7,9,12H,4-5,8,10,15H2,1-3H3. The highest BCUT2D eigenvalue weighted by Crippen LogP contribution is 2.27. The molecule has 4 nitrogen and oxygen atoms in total. The molecule has 1 aliphatic heterocycles. The van der Waals surface area contributed by atoms with Gasteiger partial charge in [-0.05, 0) is 38.6 Å². The molecule has 0 aliphatic carbocycles. The van der Waals surface area contributed by atoms with E-state index in [9.17, 15) is 0 Å². The number of methoxy groups -OCH3 is 1. The third-order valence-electron chi connectivity index (χ3n) is 3.81. The number of anilines is 2. The van der Waals surface area contributed by atoms with Gasteiger partial charge in [-0.1, -0.05) is 0 Å². The number of rotatable bonds is 4. The van der Waals surface area contributed by atoms with Crippen LogP contribution in [0.15, 0.2) is 18.2 Å². The van der Waals surface area contributed by atoms with E-state index in [1.54, 1.807) is 7.11 Å². The normalized spacial score (nSPS) is 20.1. The van der Waals surface area contributed by atoms with E-state index in [0.717, 1.165) is 18.0 Å². The molecule has 1 aromatic rings. The van der Waals surface area contributed by atoms with Gasteiger partial charge in [0.05, 0.1) is 12.8 Å². The maximum Gasteiger partial charge on any atom is 0.143 e. The fraction of sp³-hybridized carbons (Fsp3) is 0.571. The molecule has 4 heteroatoms. The van der Waals surface area contributed by atoms with E-state index >= 15 is 0 Å². The molecule has 0 spiro atoms. The maximum absolute atomic E-state index is 5.83. The van der Waals surface area contributed by atoms with Crippen LogP contribution in [0.2, 0.25) is 0 Å². The zero-order valence-corrected chi connectivity index (χ0v) is 11.5. The summed E-state index contributed by atoms with van der Waals surface area (Å²) < 4.78 is 5.26. The average molecular weight is 249 g/mol. The summed E-state index contributed by atoms with van der Waals surface area (Å²) in [5.74, 6) is 0.749. The Morgan fingerprint density at radius 2 is 2.28 bits per heavy atom. The number of nitrogens with zero attached hydrogens (tertiary/aromatic N) is 2. The van der Waals surface area contributed by atoms with Crippen LogP contribution in [0.25, 0.3) is 0 Å². The predicted octanol–water partition coefficient (Wildman–Crippen LogP) is 1.81. The van der Waals surface area contributed by atoms with Crippen LogP contribution in [0.5, 0.6) is 5.75 Å². The molecule has 2 N–H and O–H groups in total. The van der Waals surface area contributed by atoms with Crippen molar-refractivity contribution in [2.24, 2.45) is 0 Å². The van der Waals surface area contributed by atoms with Gasteiger partial charge in [0.1, 0.15) is 5.75 Å². The number of benzene rings is 1. The lowest BCUT2D eigenvalue weighted by Gasteiger charge is -2.27. The summed E-state index contributed by atoms with van der Waals surface area (Å²) in [6, 6.07) is 6.61. The number of ether oxygens (including phenoxy) is 1. The molecule has 1 unspecified atom stereocenters. The van der Waals surface area contributed by atoms with Gasteiger partial charge in [-0.15, -0.1) is 0 Å². The maximum atomic E-state index is 5.83. The second kappa shape index (κ2) is 5.48. The second-order valence-electron chi connectivity index (χ2n) is 5.08. The fourth-order valence-electron chi connectivity index (χ4n) is 2.57. The largest absolute Gasteiger partial charge is 0.495 e. The first kappa shape index (κ1) is 13.0. The number of likely N-dealkylation sites (N-methyl/N-ethyl adjacent to an activating group) is 2. The molecule has 100 valence electrons. The molecule has 0 aromatic heterocycles. The number of nitrogens with two attached hydrogens (primary N) is 1. The van der Waals surface area contributed by atoms with E-state index in [-0.39, 0.29) is 0 Å². The molecule has 1 aromatic carbocycles. The molecule has 1 fully saturated rings. The Morgan fingerprint density at radius 3 is 2.89 bits per heavy atom. The van der Waals surface area contributed by atoms with Gasteiger partial charge >= 0.3 is 0 Å². The Bertz CT molecular complexity index is 408. The zero-order chi connectivity index (χ0) is 13.1. The lowest BCUT2D eigenvalue weighted by Crippen LogP contribution is -2.36. The van der Waals surface area contributed by atoms with Crippen LogP contribution in [0.1, 0.15) is 12.8 Å². The topological polar surface area (TPSA) is 41.7 Å². The molecular weight excluding hydrogens is 226 g/mol. The van der Waals surface area contributed by atoms with Crippen molar-refractivity contribution in [1.29, 1.82) is 0 Å². The van der Waals surface area contributed by atoms with Crippen LogP contribution in [0, 0.1) is 0 Å². The molecular formula is C14H23N3O. The van der Waals surface area contributed by atoms with Crippen LogP contribution in [0.4, 0.5) is 11.4 Å². The third-order valence-corrected chi connectivity index (χ3v) is 3.81. The molecule has 1 saturated heterocycles. The average Bonchev–Trinajstić information content (AvgIpc) is 2.75. The van der Waals surface area contributed by atoms with Crippen LogP contribution >= 0.6 is 0 Å². The van der Waals surface area contributed by atoms with Gasteiger partial charge in [-0.2, -0.15) is 0 Å². The van der Waals surface area contributed by atoms with Gasteiger partial charge < -0.3 is 20.3 Å². The number of nitrogen functional groups attached to an aromatic ring is 1. The summed E-state index contributed by atoms with van der Waals surface area (Å²) >= 11 is 0. The molecule has 1 aliphatic rings. The minimum atomic E-state index is 0.651. The Kier molecular flexibility index (Phi) is 3.97. The molecule has 0 bridgehead atoms. The summed E-state index contributed by atoms with van der Waals surface area (Å²) in [6.45, 7) is 2.26. The number of likely N-dealkylation sites (tertiary alicyclic amines) is 1. The van der Waals surface area contributed by atoms with E-state index in [1.165, 1.54) is 19.4 Å². The first-order chi connectivity index (χ1) is 8.61. The fourth-order valence-corrected chi connectivity index (χ4v) is 2.57. The van der Waals surface area contributed by atoms with Gasteiger partial charge in [-0.25, -0.2) is 0 Å². The Labute approximate surface area is 109 Å². The van der Waals surface area contributed by atoms with E-state index < -0.39 is 0 Å². The van der Waals surface area contributed by atoms with Crippen LogP contribution in [0.3, 0.4) is 0 Å². The van der Waals surface area contributed by atoms with Gasteiger partial charge in [0.2, 0.25) is 0 Å². The van der Waals surface area contributed by atoms with Gasteiger partial charge in [-0.3, -0.25) is 0 Å². The van der Waals surface area contributed by atoms with Crippen molar-refractivity contribution >= 4 is 11.4 Å². The van der Waals surface area contributed by atoms with E-state index in [2.05, 4.69) is 23.9 Å². The molecule has 2 rings (SSSR count). The van der Waals surface area contributed by atoms with Crippen LogP contribution in [-0.4, -0.2) is 45.2 Å². The highest BCUT2D eigenvalue weighted by Gasteiger charge is 2.22. The van der Waals surface area contributed by atoms with Crippen LogP contribution in [-0.2, 0) is 0 Å². The van der Waals surface area contributed by atoms with E-state index in [0.29, 0.717) is 11.7 Å². The molecule has 1 atom stereocenters. The SMILES string of the molecule is COc1cc(N(C)CC2CCCN2C)ccc1N. The number of hydrogen-bond acceptors (Lipinski definition) is 4. The Hall–Kier alpha value is -1.42. The van der Waals surface area contributed by atoms with Crippen molar-refractivity contribution in [3.05, 3.63) is 18.2 Å². The summed E-state index contributed by atoms with van der Waals surface area (Å²) in [4.78, 5) is 4.71. The minimum absolute atomic E-state index is 0.651. The third kappa shape index (κ3) is 2.70. The van der Waals surface area contributed by atoms with Crippen molar-refractivity contribution in [3.63, 3.8) is 0 Å². The predicted molar refractivity (Wildman–Crippen MR) is 76.3 cm³/mol. The monoisotopic (exact) mass is 249 g/mol. The first-order valence-electron chi connectivity index (χ1n) is 6.46. The van der Waals surface area contributed by atoms with Gasteiger partial charge in [0.25, 0.3) is 0 Å². The van der Waals surface area contributed by atoms with Crippen molar-refractivity contribution in [3.8, 4) is 5.75 Å². The smallest absolute Gasteiger partial charge is 0.143 e. The molecule has 1 heterocycles. The zero-order valence-electron chi connectivity index (χ0n) is 11.5. The van der Waals surface area contributed by atoms with Gasteiger partial charge in [0.15, 0.2) is 0 Å². The van der Waals surface area contributed by atoms with E-state index in [4.69, 9.17) is 10.5 Å². The number of hydrogen-bond donors (Lipinski definition) is 1. The van der Waals surface area contributed by atoms with Crippen molar-refractivity contribution < 1.29 is 4.74 Å². The van der Waals surface area contributed by atoms with Crippen LogP contribution < -0.4 is 15.4 Å².